The summed E-state index contributed by atoms with van der Waals surface area (Å²) >= 11 is 12.6. The molecular formula is C18H17Cl2N3O. The van der Waals surface area contributed by atoms with Gasteiger partial charge in [0.1, 0.15) is 0 Å². The molecule has 0 fully saturated rings. The quantitative estimate of drug-likeness (QED) is 0.742. The number of nitrogens with zero attached hydrogens (tertiary/aromatic N) is 2. The molecule has 1 aromatic heterocycles. The molecule has 4 nitrogen and oxygen atoms in total. The number of hydrogen-bond donors (Lipinski definition) is 1. The third kappa shape index (κ3) is 3.40. The van der Waals surface area contributed by atoms with E-state index in [0.29, 0.717) is 29.4 Å². The minimum Gasteiger partial charge on any atom is -0.370 e. The lowest BCUT2D eigenvalue weighted by Gasteiger charge is -2.09. The Balaban J connectivity index is 2.01. The Morgan fingerprint density at radius 2 is 1.92 bits per heavy atom. The lowest BCUT2D eigenvalue weighted by Crippen LogP contribution is -2.11. The van der Waals surface area contributed by atoms with Gasteiger partial charge in [-0.1, -0.05) is 41.4 Å². The predicted molar refractivity (Wildman–Crippen MR) is 97.5 cm³/mol. The molecule has 3 aromatic rings. The highest BCUT2D eigenvalue weighted by Gasteiger charge is 2.12. The standard InChI is InChI=1S/C18H17Cl2N3O/c1-11-13-7-5-12(6-8-18(21)24)9-17(13)23(22-11)10-14-15(19)3-2-4-16(14)20/h2-5,7,9H,6,8,10H2,1H3,(H2,21,24). The van der Waals surface area contributed by atoms with Crippen molar-refractivity contribution in [2.24, 2.45) is 5.73 Å². The van der Waals surface area contributed by atoms with E-state index in [-0.39, 0.29) is 5.91 Å². The van der Waals surface area contributed by atoms with E-state index in [4.69, 9.17) is 28.9 Å². The molecule has 0 bridgehead atoms. The van der Waals surface area contributed by atoms with Gasteiger partial charge in [0.2, 0.25) is 5.91 Å². The van der Waals surface area contributed by atoms with E-state index in [1.165, 1.54) is 0 Å². The SMILES string of the molecule is Cc1nn(Cc2c(Cl)cccc2Cl)c2cc(CCC(N)=O)ccc12. The molecule has 0 saturated carbocycles. The number of nitrogens with two attached hydrogens (primary N) is 1. The highest BCUT2D eigenvalue weighted by atomic mass is 35.5. The summed E-state index contributed by atoms with van der Waals surface area (Å²) in [6, 6.07) is 11.5. The second-order valence-corrected chi connectivity index (χ2v) is 6.58. The van der Waals surface area contributed by atoms with E-state index < -0.39 is 0 Å². The number of benzene rings is 2. The van der Waals surface area contributed by atoms with Gasteiger partial charge in [-0.15, -0.1) is 0 Å². The van der Waals surface area contributed by atoms with E-state index in [1.807, 2.05) is 48.0 Å². The van der Waals surface area contributed by atoms with Crippen molar-refractivity contribution in [3.63, 3.8) is 0 Å². The summed E-state index contributed by atoms with van der Waals surface area (Å²) in [6.45, 7) is 2.46. The number of rotatable bonds is 5. The minimum atomic E-state index is -0.303. The molecule has 0 saturated heterocycles. The van der Waals surface area contributed by atoms with Crippen LogP contribution in [-0.4, -0.2) is 15.7 Å². The Kier molecular flexibility index (Phi) is 4.78. The number of amides is 1. The van der Waals surface area contributed by atoms with E-state index >= 15 is 0 Å². The Morgan fingerprint density at radius 1 is 1.21 bits per heavy atom. The van der Waals surface area contributed by atoms with Crippen molar-refractivity contribution in [3.05, 3.63) is 63.3 Å². The first-order valence-electron chi connectivity index (χ1n) is 7.63. The second kappa shape index (κ2) is 6.83. The van der Waals surface area contributed by atoms with Crippen molar-refractivity contribution in [2.45, 2.75) is 26.3 Å². The molecule has 2 aromatic carbocycles. The number of fused-ring (bicyclic) bond motifs is 1. The van der Waals surface area contributed by atoms with Crippen LogP contribution in [0, 0.1) is 6.92 Å². The number of hydrogen-bond acceptors (Lipinski definition) is 2. The number of halogens is 2. The summed E-state index contributed by atoms with van der Waals surface area (Å²) < 4.78 is 1.89. The zero-order valence-electron chi connectivity index (χ0n) is 13.2. The second-order valence-electron chi connectivity index (χ2n) is 5.76. The van der Waals surface area contributed by atoms with Gasteiger partial charge in [-0.05, 0) is 37.1 Å². The topological polar surface area (TPSA) is 60.9 Å². The first-order valence-corrected chi connectivity index (χ1v) is 8.38. The van der Waals surface area contributed by atoms with Gasteiger partial charge in [0.25, 0.3) is 0 Å². The van der Waals surface area contributed by atoms with Crippen LogP contribution in [0.25, 0.3) is 10.9 Å². The van der Waals surface area contributed by atoms with Crippen LogP contribution in [0.15, 0.2) is 36.4 Å². The zero-order chi connectivity index (χ0) is 17.3. The Labute approximate surface area is 150 Å². The molecule has 6 heteroatoms. The van der Waals surface area contributed by atoms with Crippen LogP contribution in [0.2, 0.25) is 10.0 Å². The van der Waals surface area contributed by atoms with Gasteiger partial charge in [0.05, 0.1) is 17.8 Å². The smallest absolute Gasteiger partial charge is 0.217 e. The molecule has 1 amide bonds. The lowest BCUT2D eigenvalue weighted by atomic mass is 10.1. The molecule has 0 spiro atoms. The van der Waals surface area contributed by atoms with Crippen LogP contribution in [-0.2, 0) is 17.8 Å². The average molecular weight is 362 g/mol. The third-order valence-corrected chi connectivity index (χ3v) is 4.74. The third-order valence-electron chi connectivity index (χ3n) is 4.03. The van der Waals surface area contributed by atoms with Crippen molar-refractivity contribution in [2.75, 3.05) is 0 Å². The number of primary amides is 1. The number of carbonyl (C=O) groups excluding carboxylic acids is 1. The molecule has 0 aliphatic carbocycles. The van der Waals surface area contributed by atoms with Crippen LogP contribution < -0.4 is 5.73 Å². The van der Waals surface area contributed by atoms with Crippen molar-refractivity contribution >= 4 is 40.0 Å². The lowest BCUT2D eigenvalue weighted by molar-refractivity contribution is -0.117. The predicted octanol–water partition coefficient (Wildman–Crippen LogP) is 4.12. The van der Waals surface area contributed by atoms with Gasteiger partial charge in [0.15, 0.2) is 0 Å². The van der Waals surface area contributed by atoms with Crippen molar-refractivity contribution in [3.8, 4) is 0 Å². The Morgan fingerprint density at radius 3 is 2.58 bits per heavy atom. The zero-order valence-corrected chi connectivity index (χ0v) is 14.7. The van der Waals surface area contributed by atoms with Crippen LogP contribution in [0.4, 0.5) is 0 Å². The van der Waals surface area contributed by atoms with E-state index in [9.17, 15) is 4.79 Å². The average Bonchev–Trinajstić information content (AvgIpc) is 2.85. The van der Waals surface area contributed by atoms with Crippen LogP contribution in [0.3, 0.4) is 0 Å². The molecule has 0 radical (unpaired) electrons. The van der Waals surface area contributed by atoms with Crippen molar-refractivity contribution in [1.29, 1.82) is 0 Å². The monoisotopic (exact) mass is 361 g/mol. The van der Waals surface area contributed by atoms with E-state index in [0.717, 1.165) is 27.7 Å². The summed E-state index contributed by atoms with van der Waals surface area (Å²) in [5.74, 6) is -0.303. The maximum Gasteiger partial charge on any atom is 0.217 e. The Hall–Kier alpha value is -2.04. The summed E-state index contributed by atoms with van der Waals surface area (Å²) in [7, 11) is 0. The number of aryl methyl sites for hydroxylation is 2. The summed E-state index contributed by atoms with van der Waals surface area (Å²) in [4.78, 5) is 11.0. The molecule has 0 aliphatic rings. The maximum absolute atomic E-state index is 11.0. The highest BCUT2D eigenvalue weighted by molar-refractivity contribution is 6.36. The van der Waals surface area contributed by atoms with Gasteiger partial charge < -0.3 is 5.73 Å². The summed E-state index contributed by atoms with van der Waals surface area (Å²) in [6.07, 6.45) is 0.942. The van der Waals surface area contributed by atoms with Gasteiger partial charge in [-0.3, -0.25) is 9.48 Å². The van der Waals surface area contributed by atoms with Crippen molar-refractivity contribution in [1.82, 2.24) is 9.78 Å². The minimum absolute atomic E-state index is 0.303. The maximum atomic E-state index is 11.0. The first kappa shape index (κ1) is 16.8. The normalized spacial score (nSPS) is 11.1. The first-order chi connectivity index (χ1) is 11.5. The molecule has 3 rings (SSSR count). The van der Waals surface area contributed by atoms with Gasteiger partial charge >= 0.3 is 0 Å². The fraction of sp³-hybridized carbons (Fsp3) is 0.222. The molecule has 0 aliphatic heterocycles. The fourth-order valence-corrected chi connectivity index (χ4v) is 3.28. The van der Waals surface area contributed by atoms with Crippen LogP contribution >= 0.6 is 23.2 Å². The van der Waals surface area contributed by atoms with Gasteiger partial charge in [0, 0.05) is 27.4 Å². The fourth-order valence-electron chi connectivity index (χ4n) is 2.76. The largest absolute Gasteiger partial charge is 0.370 e. The van der Waals surface area contributed by atoms with Crippen LogP contribution in [0.1, 0.15) is 23.2 Å². The number of carbonyl (C=O) groups is 1. The molecular weight excluding hydrogens is 345 g/mol. The molecule has 124 valence electrons. The van der Waals surface area contributed by atoms with E-state index in [2.05, 4.69) is 5.10 Å². The van der Waals surface area contributed by atoms with Gasteiger partial charge in [-0.2, -0.15) is 5.10 Å². The number of aromatic nitrogens is 2. The Bertz CT molecular complexity index is 898. The molecule has 0 atom stereocenters. The van der Waals surface area contributed by atoms with E-state index in [1.54, 1.807) is 0 Å². The van der Waals surface area contributed by atoms with Crippen molar-refractivity contribution < 1.29 is 4.79 Å². The summed E-state index contributed by atoms with van der Waals surface area (Å²) in [5, 5.41) is 6.92. The van der Waals surface area contributed by atoms with Gasteiger partial charge in [-0.25, -0.2) is 0 Å². The summed E-state index contributed by atoms with van der Waals surface area (Å²) in [5.41, 5.74) is 9.06. The van der Waals surface area contributed by atoms with Crippen LogP contribution in [0.5, 0.6) is 0 Å². The molecule has 24 heavy (non-hydrogen) atoms. The molecule has 0 unspecified atom stereocenters. The highest BCUT2D eigenvalue weighted by Crippen LogP contribution is 2.27. The molecule has 1 heterocycles. The molecule has 2 N–H and O–H groups in total.